The summed E-state index contributed by atoms with van der Waals surface area (Å²) in [5.41, 5.74) is 1.65. The molecule has 0 bridgehead atoms. The standard InChI is InChI=1S/C13H12ClN3O2S/c1-9(2)20(18,19)17-8-12(7-16-17)11-3-10(6-15)4-13(14)5-11/h3-5,7-9H,1-2H3. The van der Waals surface area contributed by atoms with Gasteiger partial charge < -0.3 is 0 Å². The molecule has 0 spiro atoms. The van der Waals surface area contributed by atoms with E-state index in [0.717, 1.165) is 4.09 Å². The first kappa shape index (κ1) is 14.6. The van der Waals surface area contributed by atoms with Crippen LogP contribution in [-0.2, 0) is 10.0 Å². The van der Waals surface area contributed by atoms with Crippen LogP contribution >= 0.6 is 11.6 Å². The third kappa shape index (κ3) is 2.69. The molecule has 0 aliphatic carbocycles. The zero-order chi connectivity index (χ0) is 14.9. The second kappa shape index (κ2) is 5.27. The van der Waals surface area contributed by atoms with Crippen molar-refractivity contribution < 1.29 is 8.42 Å². The summed E-state index contributed by atoms with van der Waals surface area (Å²) in [6.07, 6.45) is 2.86. The van der Waals surface area contributed by atoms with Crippen LogP contribution in [0.15, 0.2) is 30.6 Å². The largest absolute Gasteiger partial charge is 0.256 e. The number of nitriles is 1. The fourth-order valence-corrected chi connectivity index (χ4v) is 2.74. The van der Waals surface area contributed by atoms with Crippen molar-refractivity contribution in [2.75, 3.05) is 0 Å². The normalized spacial score (nSPS) is 11.6. The van der Waals surface area contributed by atoms with E-state index < -0.39 is 15.3 Å². The lowest BCUT2D eigenvalue weighted by atomic mass is 10.1. The summed E-state index contributed by atoms with van der Waals surface area (Å²) in [5, 5.41) is 12.6. The van der Waals surface area contributed by atoms with Gasteiger partial charge in [-0.05, 0) is 37.6 Å². The van der Waals surface area contributed by atoms with Gasteiger partial charge in [0.05, 0.1) is 29.3 Å². The predicted molar refractivity (Wildman–Crippen MR) is 76.8 cm³/mol. The Morgan fingerprint density at radius 1 is 1.30 bits per heavy atom. The number of rotatable bonds is 3. The van der Waals surface area contributed by atoms with Gasteiger partial charge in [-0.2, -0.15) is 14.4 Å². The summed E-state index contributed by atoms with van der Waals surface area (Å²) < 4.78 is 24.9. The van der Waals surface area contributed by atoms with Crippen LogP contribution in [0.25, 0.3) is 11.1 Å². The molecule has 1 aromatic heterocycles. The van der Waals surface area contributed by atoms with Gasteiger partial charge in [-0.15, -0.1) is 0 Å². The molecule has 0 atom stereocenters. The first-order valence-corrected chi connectivity index (χ1v) is 7.73. The Morgan fingerprint density at radius 3 is 2.60 bits per heavy atom. The fourth-order valence-electron chi connectivity index (χ4n) is 1.63. The highest BCUT2D eigenvalue weighted by atomic mass is 35.5. The molecule has 0 saturated heterocycles. The highest BCUT2D eigenvalue weighted by molar-refractivity contribution is 7.90. The average Bonchev–Trinajstić information content (AvgIpc) is 2.87. The molecule has 0 amide bonds. The lowest BCUT2D eigenvalue weighted by Gasteiger charge is -2.06. The molecular weight excluding hydrogens is 298 g/mol. The number of halogens is 1. The molecule has 0 unspecified atom stereocenters. The minimum absolute atomic E-state index is 0.409. The van der Waals surface area contributed by atoms with E-state index in [-0.39, 0.29) is 0 Å². The Hall–Kier alpha value is -1.84. The van der Waals surface area contributed by atoms with Crippen LogP contribution in [0.3, 0.4) is 0 Å². The van der Waals surface area contributed by atoms with Crippen molar-refractivity contribution in [1.29, 1.82) is 5.26 Å². The number of benzene rings is 1. The molecule has 1 heterocycles. The van der Waals surface area contributed by atoms with Crippen molar-refractivity contribution >= 4 is 21.6 Å². The van der Waals surface area contributed by atoms with Crippen LogP contribution < -0.4 is 0 Å². The van der Waals surface area contributed by atoms with E-state index in [2.05, 4.69) is 5.10 Å². The van der Waals surface area contributed by atoms with Crippen molar-refractivity contribution in [2.24, 2.45) is 0 Å². The van der Waals surface area contributed by atoms with E-state index in [1.165, 1.54) is 12.4 Å². The minimum Gasteiger partial charge on any atom is -0.204 e. The maximum atomic E-state index is 12.0. The number of aromatic nitrogens is 2. The third-order valence-electron chi connectivity index (χ3n) is 2.78. The maximum absolute atomic E-state index is 12.0. The molecule has 2 aromatic rings. The van der Waals surface area contributed by atoms with Crippen molar-refractivity contribution in [2.45, 2.75) is 19.1 Å². The van der Waals surface area contributed by atoms with Gasteiger partial charge in [0.25, 0.3) is 10.0 Å². The Balaban J connectivity index is 2.50. The summed E-state index contributed by atoms with van der Waals surface area (Å²) in [6, 6.07) is 6.84. The van der Waals surface area contributed by atoms with E-state index in [9.17, 15) is 8.42 Å². The molecule has 104 valence electrons. The van der Waals surface area contributed by atoms with E-state index in [1.54, 1.807) is 32.0 Å². The molecule has 20 heavy (non-hydrogen) atoms. The van der Waals surface area contributed by atoms with Crippen LogP contribution in [0.1, 0.15) is 19.4 Å². The summed E-state index contributed by atoms with van der Waals surface area (Å²) in [7, 11) is -3.48. The molecule has 0 saturated carbocycles. The molecule has 1 aromatic carbocycles. The van der Waals surface area contributed by atoms with Crippen LogP contribution in [0.5, 0.6) is 0 Å². The second-order valence-corrected chi connectivity index (χ2v) is 7.32. The van der Waals surface area contributed by atoms with Crippen LogP contribution in [0, 0.1) is 11.3 Å². The molecule has 0 radical (unpaired) electrons. The van der Waals surface area contributed by atoms with Crippen LogP contribution in [-0.4, -0.2) is 22.9 Å². The molecule has 0 aliphatic rings. The lowest BCUT2D eigenvalue weighted by molar-refractivity contribution is 0.571. The first-order valence-electron chi connectivity index (χ1n) is 5.84. The topological polar surface area (TPSA) is 75.8 Å². The van der Waals surface area contributed by atoms with Crippen LogP contribution in [0.2, 0.25) is 5.02 Å². The summed E-state index contributed by atoms with van der Waals surface area (Å²) in [5.74, 6) is 0. The first-order chi connectivity index (χ1) is 9.34. The van der Waals surface area contributed by atoms with Crippen molar-refractivity contribution in [3.63, 3.8) is 0 Å². The van der Waals surface area contributed by atoms with Gasteiger partial charge in [-0.3, -0.25) is 0 Å². The van der Waals surface area contributed by atoms with Crippen molar-refractivity contribution in [1.82, 2.24) is 9.19 Å². The highest BCUT2D eigenvalue weighted by Gasteiger charge is 2.19. The number of hydrogen-bond acceptors (Lipinski definition) is 4. The zero-order valence-corrected chi connectivity index (χ0v) is 12.5. The quantitative estimate of drug-likeness (QED) is 0.873. The van der Waals surface area contributed by atoms with Gasteiger partial charge >= 0.3 is 0 Å². The molecule has 0 fully saturated rings. The monoisotopic (exact) mass is 309 g/mol. The van der Waals surface area contributed by atoms with Gasteiger partial charge in [-0.25, -0.2) is 8.42 Å². The van der Waals surface area contributed by atoms with E-state index in [1.807, 2.05) is 6.07 Å². The third-order valence-corrected chi connectivity index (χ3v) is 4.91. The lowest BCUT2D eigenvalue weighted by Crippen LogP contribution is -2.22. The maximum Gasteiger partial charge on any atom is 0.256 e. The van der Waals surface area contributed by atoms with Crippen molar-refractivity contribution in [3.8, 4) is 17.2 Å². The Morgan fingerprint density at radius 2 is 2.00 bits per heavy atom. The molecule has 5 nitrogen and oxygen atoms in total. The average molecular weight is 310 g/mol. The highest BCUT2D eigenvalue weighted by Crippen LogP contribution is 2.25. The SMILES string of the molecule is CC(C)S(=O)(=O)n1cc(-c2cc(Cl)cc(C#N)c2)cn1. The fraction of sp³-hybridized carbons (Fsp3) is 0.231. The summed E-state index contributed by atoms with van der Waals surface area (Å²) in [4.78, 5) is 0. The Bertz CT molecular complexity index is 788. The molecule has 7 heteroatoms. The molecular formula is C13H12ClN3O2S. The molecule has 2 rings (SSSR count). The summed E-state index contributed by atoms with van der Waals surface area (Å²) in [6.45, 7) is 3.17. The molecule has 0 N–H and O–H groups in total. The molecule has 0 aliphatic heterocycles. The zero-order valence-electron chi connectivity index (χ0n) is 10.9. The Kier molecular flexibility index (Phi) is 3.84. The number of nitrogens with zero attached hydrogens (tertiary/aromatic N) is 3. The predicted octanol–water partition coefficient (Wildman–Crippen LogP) is 2.66. The van der Waals surface area contributed by atoms with Gasteiger partial charge in [-0.1, -0.05) is 11.6 Å². The second-order valence-electron chi connectivity index (χ2n) is 4.54. The van der Waals surface area contributed by atoms with Gasteiger partial charge in [0.1, 0.15) is 0 Å². The smallest absolute Gasteiger partial charge is 0.204 e. The summed E-state index contributed by atoms with van der Waals surface area (Å²) >= 11 is 5.93. The van der Waals surface area contributed by atoms with Gasteiger partial charge in [0, 0.05) is 10.6 Å². The Labute approximate surface area is 122 Å². The van der Waals surface area contributed by atoms with Crippen LogP contribution in [0.4, 0.5) is 0 Å². The van der Waals surface area contributed by atoms with E-state index in [4.69, 9.17) is 16.9 Å². The van der Waals surface area contributed by atoms with E-state index in [0.29, 0.717) is 21.7 Å². The number of hydrogen-bond donors (Lipinski definition) is 0. The van der Waals surface area contributed by atoms with E-state index >= 15 is 0 Å². The minimum atomic E-state index is -3.48. The van der Waals surface area contributed by atoms with Gasteiger partial charge in [0.2, 0.25) is 0 Å². The van der Waals surface area contributed by atoms with Crippen molar-refractivity contribution in [3.05, 3.63) is 41.2 Å². The van der Waals surface area contributed by atoms with Gasteiger partial charge in [0.15, 0.2) is 0 Å².